The maximum atomic E-state index is 13.7. The van der Waals surface area contributed by atoms with Gasteiger partial charge < -0.3 is 44.3 Å². The number of nitrogens with zero attached hydrogens (tertiary/aromatic N) is 2. The third kappa shape index (κ3) is 7.66. The summed E-state index contributed by atoms with van der Waals surface area (Å²) in [5.74, 6) is -2.26. The zero-order valence-electron chi connectivity index (χ0n) is 27.4. The molecule has 0 spiro atoms. The van der Waals surface area contributed by atoms with Gasteiger partial charge in [0.05, 0.1) is 23.7 Å². The Morgan fingerprint density at radius 1 is 1.02 bits per heavy atom. The van der Waals surface area contributed by atoms with E-state index in [1.54, 1.807) is 27.7 Å². The Bertz CT molecular complexity index is 884. The number of hydrogen-bond donors (Lipinski definition) is 4. The predicted octanol–water partition coefficient (Wildman–Crippen LogP) is 1.73. The van der Waals surface area contributed by atoms with E-state index < -0.39 is 65.8 Å². The lowest BCUT2D eigenvalue weighted by Crippen LogP contribution is -2.59. The Morgan fingerprint density at radius 2 is 1.64 bits per heavy atom. The molecule has 246 valence electrons. The third-order valence-electron chi connectivity index (χ3n) is 10.1. The second kappa shape index (κ2) is 14.0. The molecule has 11 heteroatoms. The lowest BCUT2D eigenvalue weighted by molar-refractivity contribution is -0.241. The second-order valence-corrected chi connectivity index (χ2v) is 13.6. The first-order chi connectivity index (χ1) is 19.5. The Labute approximate surface area is 252 Å². The van der Waals surface area contributed by atoms with Crippen molar-refractivity contribution in [2.75, 3.05) is 26.7 Å². The minimum atomic E-state index is -1.73. The lowest BCUT2D eigenvalue weighted by atomic mass is 9.78. The summed E-state index contributed by atoms with van der Waals surface area (Å²) in [5.41, 5.74) is -3.22. The molecule has 42 heavy (non-hydrogen) atoms. The van der Waals surface area contributed by atoms with Gasteiger partial charge in [0, 0.05) is 31.0 Å². The third-order valence-corrected chi connectivity index (χ3v) is 10.1. The Kier molecular flexibility index (Phi) is 11.9. The van der Waals surface area contributed by atoms with Crippen LogP contribution in [0.3, 0.4) is 0 Å². The van der Waals surface area contributed by atoms with E-state index in [1.165, 1.54) is 6.92 Å². The summed E-state index contributed by atoms with van der Waals surface area (Å²) in [6, 6.07) is -0.379. The quantitative estimate of drug-likeness (QED) is 0.261. The van der Waals surface area contributed by atoms with Crippen molar-refractivity contribution in [1.29, 1.82) is 0 Å². The normalized spacial score (nSPS) is 48.2. The first-order valence-corrected chi connectivity index (χ1v) is 15.9. The number of ether oxygens (including phenoxy) is 4. The van der Waals surface area contributed by atoms with Crippen molar-refractivity contribution >= 4 is 5.97 Å². The molecule has 3 aliphatic rings. The molecule has 3 saturated heterocycles. The summed E-state index contributed by atoms with van der Waals surface area (Å²) in [6.07, 6.45) is -4.33. The Hall–Kier alpha value is -0.890. The number of epoxide rings is 1. The number of aliphatic hydroxyl groups is 4. The standard InChI is InChI=1S/C31H58N2O9/c1-11-22-31(9,38)27(35)20(7)32(10)16-17(4)15-30(8,37)26(34)18(5)24(19(6)28(36)39-22)40-23-14-21(33(12-2)13-3)25-29(41-23)42-25/h17-27,29,34-35,37-38H,11-16H2,1-10H3/t17-,18+,19-,20-,21?,22-,23-,24+,25+,26-,27-,29?,30-,31-/m1/s1. The molecule has 0 amide bonds. The maximum absolute atomic E-state index is 13.7. The highest BCUT2D eigenvalue weighted by atomic mass is 16.8. The van der Waals surface area contributed by atoms with Crippen LogP contribution in [0.2, 0.25) is 0 Å². The first-order valence-electron chi connectivity index (χ1n) is 15.9. The van der Waals surface area contributed by atoms with Crippen molar-refractivity contribution in [3.63, 3.8) is 0 Å². The highest BCUT2D eigenvalue weighted by Gasteiger charge is 2.55. The van der Waals surface area contributed by atoms with Gasteiger partial charge in [-0.3, -0.25) is 9.69 Å². The van der Waals surface area contributed by atoms with Crippen molar-refractivity contribution in [2.45, 2.75) is 148 Å². The summed E-state index contributed by atoms with van der Waals surface area (Å²) in [4.78, 5) is 17.9. The van der Waals surface area contributed by atoms with Crippen molar-refractivity contribution in [1.82, 2.24) is 9.80 Å². The van der Waals surface area contributed by atoms with E-state index in [9.17, 15) is 25.2 Å². The van der Waals surface area contributed by atoms with Gasteiger partial charge in [-0.25, -0.2) is 0 Å². The molecule has 14 atom stereocenters. The molecule has 0 aromatic carbocycles. The van der Waals surface area contributed by atoms with Gasteiger partial charge in [-0.2, -0.15) is 0 Å². The number of aliphatic hydroxyl groups excluding tert-OH is 2. The van der Waals surface area contributed by atoms with Gasteiger partial charge in [0.25, 0.3) is 0 Å². The molecule has 0 aliphatic carbocycles. The topological polar surface area (TPSA) is 145 Å². The Balaban J connectivity index is 1.96. The number of cyclic esters (lactones) is 1. The molecule has 3 heterocycles. The van der Waals surface area contributed by atoms with E-state index >= 15 is 0 Å². The highest BCUT2D eigenvalue weighted by Crippen LogP contribution is 2.41. The molecular weight excluding hydrogens is 544 g/mol. The van der Waals surface area contributed by atoms with E-state index in [0.29, 0.717) is 13.0 Å². The van der Waals surface area contributed by atoms with E-state index in [-0.39, 0.29) is 37.2 Å². The van der Waals surface area contributed by atoms with Gasteiger partial charge in [-0.15, -0.1) is 0 Å². The van der Waals surface area contributed by atoms with Crippen molar-refractivity contribution in [2.24, 2.45) is 17.8 Å². The van der Waals surface area contributed by atoms with Crippen LogP contribution in [0.15, 0.2) is 0 Å². The first kappa shape index (κ1) is 35.6. The predicted molar refractivity (Wildman–Crippen MR) is 157 cm³/mol. The molecule has 3 rings (SSSR count). The fourth-order valence-electron chi connectivity index (χ4n) is 7.25. The summed E-state index contributed by atoms with van der Waals surface area (Å²) >= 11 is 0. The molecule has 3 aliphatic heterocycles. The molecule has 0 radical (unpaired) electrons. The average Bonchev–Trinajstić information content (AvgIpc) is 3.71. The number of likely N-dealkylation sites (N-methyl/N-ethyl adjacent to an activating group) is 2. The van der Waals surface area contributed by atoms with Crippen LogP contribution in [-0.2, 0) is 23.7 Å². The van der Waals surface area contributed by atoms with Gasteiger partial charge in [-0.1, -0.05) is 34.6 Å². The lowest BCUT2D eigenvalue weighted by Gasteiger charge is -2.42. The number of esters is 1. The summed E-state index contributed by atoms with van der Waals surface area (Å²) in [5, 5.41) is 45.8. The molecule has 0 aromatic heterocycles. The SMILES string of the molecule is CC[C@H]1OC(=O)[C@H](C)[C@@H](O[C@H]2CC(N(CC)CC)[C@@H]3OC3O2)[C@H](C)[C@@H](O)[C@](C)(O)C[C@@H](C)CN(C)[C@H](C)[C@@H](O)[C@]1(C)O. The summed E-state index contributed by atoms with van der Waals surface area (Å²) < 4.78 is 24.3. The van der Waals surface area contributed by atoms with E-state index in [1.807, 2.05) is 25.8 Å². The van der Waals surface area contributed by atoms with Crippen LogP contribution < -0.4 is 0 Å². The molecule has 4 N–H and O–H groups in total. The summed E-state index contributed by atoms with van der Waals surface area (Å²) in [7, 11) is 1.84. The van der Waals surface area contributed by atoms with Gasteiger partial charge in [0.15, 0.2) is 12.6 Å². The number of fused-ring (bicyclic) bond motifs is 1. The van der Waals surface area contributed by atoms with Crippen LogP contribution >= 0.6 is 0 Å². The molecular formula is C31H58N2O9. The molecule has 2 unspecified atom stereocenters. The monoisotopic (exact) mass is 602 g/mol. The number of rotatable bonds is 6. The maximum Gasteiger partial charge on any atom is 0.311 e. The van der Waals surface area contributed by atoms with Crippen molar-refractivity contribution in [3.8, 4) is 0 Å². The van der Waals surface area contributed by atoms with Gasteiger partial charge in [0.2, 0.25) is 0 Å². The fraction of sp³-hybridized carbons (Fsp3) is 0.968. The minimum Gasteiger partial charge on any atom is -0.459 e. The molecule has 0 bridgehead atoms. The van der Waals surface area contributed by atoms with Crippen LogP contribution in [0.25, 0.3) is 0 Å². The largest absolute Gasteiger partial charge is 0.459 e. The van der Waals surface area contributed by atoms with Gasteiger partial charge in [-0.05, 0) is 66.6 Å². The number of carbonyl (C=O) groups is 1. The Morgan fingerprint density at radius 3 is 2.21 bits per heavy atom. The van der Waals surface area contributed by atoms with Gasteiger partial charge in [0.1, 0.15) is 23.9 Å². The van der Waals surface area contributed by atoms with Crippen LogP contribution in [0.1, 0.15) is 81.6 Å². The highest BCUT2D eigenvalue weighted by molar-refractivity contribution is 5.73. The number of carbonyl (C=O) groups excluding carboxylic acids is 1. The zero-order valence-corrected chi connectivity index (χ0v) is 27.4. The second-order valence-electron chi connectivity index (χ2n) is 13.6. The summed E-state index contributed by atoms with van der Waals surface area (Å²) in [6.45, 7) is 18.5. The van der Waals surface area contributed by atoms with E-state index in [2.05, 4.69) is 18.7 Å². The van der Waals surface area contributed by atoms with Crippen LogP contribution in [-0.4, -0.2) is 129 Å². The van der Waals surface area contributed by atoms with Gasteiger partial charge >= 0.3 is 5.97 Å². The fourth-order valence-corrected chi connectivity index (χ4v) is 7.25. The molecule has 0 aromatic rings. The number of hydrogen-bond acceptors (Lipinski definition) is 11. The van der Waals surface area contributed by atoms with Crippen molar-refractivity contribution in [3.05, 3.63) is 0 Å². The average molecular weight is 603 g/mol. The van der Waals surface area contributed by atoms with Crippen LogP contribution in [0.4, 0.5) is 0 Å². The van der Waals surface area contributed by atoms with E-state index in [4.69, 9.17) is 18.9 Å². The van der Waals surface area contributed by atoms with Crippen LogP contribution in [0.5, 0.6) is 0 Å². The smallest absolute Gasteiger partial charge is 0.311 e. The molecule has 0 saturated carbocycles. The van der Waals surface area contributed by atoms with E-state index in [0.717, 1.165) is 13.1 Å². The minimum absolute atomic E-state index is 0.0233. The molecule has 3 fully saturated rings. The van der Waals surface area contributed by atoms with Crippen LogP contribution in [0, 0.1) is 17.8 Å². The zero-order chi connectivity index (χ0) is 31.7. The molecule has 11 nitrogen and oxygen atoms in total. The van der Waals surface area contributed by atoms with Crippen molar-refractivity contribution < 1.29 is 44.2 Å².